The maximum Gasteiger partial charge on any atom is 0.317 e. The number of nitrogens with one attached hydrogen (secondary N) is 1. The first-order chi connectivity index (χ1) is 8.47. The van der Waals surface area contributed by atoms with E-state index in [2.05, 4.69) is 5.32 Å². The summed E-state index contributed by atoms with van der Waals surface area (Å²) in [5, 5.41) is 12.1. The molecule has 1 rings (SSSR count). The number of phenolic OH excluding ortho intramolecular Hbond substituents is 1. The summed E-state index contributed by atoms with van der Waals surface area (Å²) in [7, 11) is 1.70. The van der Waals surface area contributed by atoms with Gasteiger partial charge >= 0.3 is 6.03 Å². The monoisotopic (exact) mass is 254 g/mol. The maximum absolute atomic E-state index is 13.1. The maximum atomic E-state index is 13.1. The number of phenols is 1. The van der Waals surface area contributed by atoms with E-state index in [0.29, 0.717) is 5.56 Å². The molecule has 0 aliphatic heterocycles. The zero-order chi connectivity index (χ0) is 13.7. The molecule has 0 bridgehead atoms. The topological polar surface area (TPSA) is 52.6 Å². The predicted octanol–water partition coefficient (Wildman–Crippen LogP) is 2.47. The fraction of sp³-hybridized carbons (Fsp3) is 0.462. The quantitative estimate of drug-likeness (QED) is 0.867. The van der Waals surface area contributed by atoms with E-state index in [0.717, 1.165) is 6.42 Å². The average Bonchev–Trinajstić information content (AvgIpc) is 2.38. The van der Waals surface area contributed by atoms with Crippen molar-refractivity contribution >= 4 is 6.03 Å². The summed E-state index contributed by atoms with van der Waals surface area (Å²) in [4.78, 5) is 13.3. The van der Waals surface area contributed by atoms with Crippen molar-refractivity contribution in [2.45, 2.75) is 32.9 Å². The number of carbonyl (C=O) groups is 1. The lowest BCUT2D eigenvalue weighted by Crippen LogP contribution is -2.41. The van der Waals surface area contributed by atoms with Gasteiger partial charge in [-0.05, 0) is 19.4 Å². The highest BCUT2D eigenvalue weighted by Gasteiger charge is 2.14. The van der Waals surface area contributed by atoms with Crippen LogP contribution >= 0.6 is 0 Å². The Morgan fingerprint density at radius 2 is 2.22 bits per heavy atom. The number of benzene rings is 1. The van der Waals surface area contributed by atoms with Gasteiger partial charge in [0.05, 0.1) is 0 Å². The third-order valence-electron chi connectivity index (χ3n) is 3.07. The van der Waals surface area contributed by atoms with Crippen LogP contribution in [0.3, 0.4) is 0 Å². The highest BCUT2D eigenvalue weighted by atomic mass is 19.1. The lowest BCUT2D eigenvalue weighted by atomic mass is 10.2. The number of urea groups is 1. The van der Waals surface area contributed by atoms with Crippen LogP contribution in [-0.2, 0) is 6.54 Å². The van der Waals surface area contributed by atoms with Crippen molar-refractivity contribution in [3.05, 3.63) is 29.6 Å². The molecule has 0 aromatic heterocycles. The van der Waals surface area contributed by atoms with Crippen LogP contribution in [0.15, 0.2) is 18.2 Å². The molecule has 0 saturated heterocycles. The Kier molecular flexibility index (Phi) is 4.95. The van der Waals surface area contributed by atoms with Crippen molar-refractivity contribution in [2.75, 3.05) is 7.05 Å². The largest absolute Gasteiger partial charge is 0.505 e. The third kappa shape index (κ3) is 3.35. The van der Waals surface area contributed by atoms with E-state index in [1.54, 1.807) is 18.0 Å². The summed E-state index contributed by atoms with van der Waals surface area (Å²) in [6.45, 7) is 4.04. The molecule has 0 aliphatic rings. The number of hydrogen-bond donors (Lipinski definition) is 2. The number of para-hydroxylation sites is 1. The molecule has 0 saturated carbocycles. The van der Waals surface area contributed by atoms with E-state index in [1.165, 1.54) is 12.1 Å². The Morgan fingerprint density at radius 3 is 2.83 bits per heavy atom. The van der Waals surface area contributed by atoms with Crippen molar-refractivity contribution < 1.29 is 14.3 Å². The summed E-state index contributed by atoms with van der Waals surface area (Å²) < 4.78 is 13.1. The van der Waals surface area contributed by atoms with Crippen LogP contribution < -0.4 is 5.32 Å². The molecule has 1 atom stereocenters. The molecule has 1 aromatic carbocycles. The third-order valence-corrected chi connectivity index (χ3v) is 3.07. The lowest BCUT2D eigenvalue weighted by molar-refractivity contribution is 0.192. The molecule has 18 heavy (non-hydrogen) atoms. The molecule has 0 radical (unpaired) electrons. The van der Waals surface area contributed by atoms with E-state index in [9.17, 15) is 14.3 Å². The highest BCUT2D eigenvalue weighted by Crippen LogP contribution is 2.20. The van der Waals surface area contributed by atoms with E-state index in [4.69, 9.17) is 0 Å². The summed E-state index contributed by atoms with van der Waals surface area (Å²) >= 11 is 0. The van der Waals surface area contributed by atoms with Crippen LogP contribution in [0.4, 0.5) is 9.18 Å². The number of carbonyl (C=O) groups excluding carboxylic acids is 1. The molecule has 0 spiro atoms. The Balaban J connectivity index is 2.60. The lowest BCUT2D eigenvalue weighted by Gasteiger charge is -2.24. The Bertz CT molecular complexity index is 423. The first-order valence-electron chi connectivity index (χ1n) is 5.94. The molecule has 2 N–H and O–H groups in total. The normalized spacial score (nSPS) is 12.0. The second-order valence-corrected chi connectivity index (χ2v) is 4.27. The molecule has 0 fully saturated rings. The van der Waals surface area contributed by atoms with Gasteiger partial charge in [-0.25, -0.2) is 9.18 Å². The standard InChI is InChI=1S/C13H19FN2O2/c1-4-9(2)16(3)13(18)15-8-10-6-5-7-11(14)12(10)17/h5-7,9,17H,4,8H2,1-3H3,(H,15,18). The number of nitrogens with zero attached hydrogens (tertiary/aromatic N) is 1. The van der Waals surface area contributed by atoms with Gasteiger partial charge in [-0.3, -0.25) is 0 Å². The number of hydrogen-bond acceptors (Lipinski definition) is 2. The number of halogens is 1. The van der Waals surface area contributed by atoms with Gasteiger partial charge in [0.15, 0.2) is 11.6 Å². The van der Waals surface area contributed by atoms with Gasteiger partial charge in [-0.15, -0.1) is 0 Å². The van der Waals surface area contributed by atoms with Crippen molar-refractivity contribution in [1.82, 2.24) is 10.2 Å². The zero-order valence-electron chi connectivity index (χ0n) is 10.9. The van der Waals surface area contributed by atoms with Gasteiger partial charge < -0.3 is 15.3 Å². The SMILES string of the molecule is CCC(C)N(C)C(=O)NCc1cccc(F)c1O. The van der Waals surface area contributed by atoms with Crippen molar-refractivity contribution in [2.24, 2.45) is 0 Å². The second kappa shape index (κ2) is 6.23. The summed E-state index contributed by atoms with van der Waals surface area (Å²) in [6.07, 6.45) is 0.856. The van der Waals surface area contributed by atoms with Crippen LogP contribution in [0.1, 0.15) is 25.8 Å². The van der Waals surface area contributed by atoms with Gasteiger partial charge in [0, 0.05) is 25.2 Å². The smallest absolute Gasteiger partial charge is 0.317 e. The molecule has 100 valence electrons. The van der Waals surface area contributed by atoms with Crippen molar-refractivity contribution in [1.29, 1.82) is 0 Å². The van der Waals surface area contributed by atoms with Crippen LogP contribution in [-0.4, -0.2) is 29.1 Å². The molecule has 0 aliphatic carbocycles. The second-order valence-electron chi connectivity index (χ2n) is 4.27. The van der Waals surface area contributed by atoms with Crippen molar-refractivity contribution in [3.8, 4) is 5.75 Å². The average molecular weight is 254 g/mol. The molecule has 2 amide bonds. The Hall–Kier alpha value is -1.78. The molecule has 0 heterocycles. The minimum Gasteiger partial charge on any atom is -0.505 e. The molecular weight excluding hydrogens is 235 g/mol. The van der Waals surface area contributed by atoms with Gasteiger partial charge in [-0.1, -0.05) is 19.1 Å². The van der Waals surface area contributed by atoms with Crippen LogP contribution in [0.2, 0.25) is 0 Å². The zero-order valence-corrected chi connectivity index (χ0v) is 10.9. The molecular formula is C13H19FN2O2. The first-order valence-corrected chi connectivity index (χ1v) is 5.94. The first kappa shape index (κ1) is 14.3. The van der Waals surface area contributed by atoms with Gasteiger partial charge in [0.25, 0.3) is 0 Å². The predicted molar refractivity (Wildman–Crippen MR) is 67.8 cm³/mol. The number of aromatic hydroxyl groups is 1. The van der Waals surface area contributed by atoms with E-state index < -0.39 is 11.6 Å². The summed E-state index contributed by atoms with van der Waals surface area (Å²) in [5.74, 6) is -1.10. The minimum absolute atomic E-state index is 0.100. The van der Waals surface area contributed by atoms with E-state index >= 15 is 0 Å². The van der Waals surface area contributed by atoms with Gasteiger partial charge in [-0.2, -0.15) is 0 Å². The van der Waals surface area contributed by atoms with E-state index in [-0.39, 0.29) is 18.6 Å². The summed E-state index contributed by atoms with van der Waals surface area (Å²) in [6, 6.07) is 4.13. The highest BCUT2D eigenvalue weighted by molar-refractivity contribution is 5.74. The fourth-order valence-corrected chi connectivity index (χ4v) is 1.47. The van der Waals surface area contributed by atoms with E-state index in [1.807, 2.05) is 13.8 Å². The fourth-order valence-electron chi connectivity index (χ4n) is 1.47. The summed E-state index contributed by atoms with van der Waals surface area (Å²) in [5.41, 5.74) is 0.362. The number of amides is 2. The molecule has 4 nitrogen and oxygen atoms in total. The molecule has 1 unspecified atom stereocenters. The van der Waals surface area contributed by atoms with Gasteiger partial charge in [0.2, 0.25) is 0 Å². The van der Waals surface area contributed by atoms with Gasteiger partial charge in [0.1, 0.15) is 0 Å². The number of rotatable bonds is 4. The van der Waals surface area contributed by atoms with Crippen LogP contribution in [0.25, 0.3) is 0 Å². The molecule has 1 aromatic rings. The Labute approximate surface area is 106 Å². The van der Waals surface area contributed by atoms with Crippen LogP contribution in [0.5, 0.6) is 5.75 Å². The molecule has 5 heteroatoms. The van der Waals surface area contributed by atoms with Crippen molar-refractivity contribution in [3.63, 3.8) is 0 Å². The minimum atomic E-state index is -0.683. The van der Waals surface area contributed by atoms with Crippen LogP contribution in [0, 0.1) is 5.82 Å². The Morgan fingerprint density at radius 1 is 1.56 bits per heavy atom.